The van der Waals surface area contributed by atoms with Crippen LogP contribution in [0.25, 0.3) is 6.08 Å². The van der Waals surface area contributed by atoms with Gasteiger partial charge in [0.1, 0.15) is 5.82 Å². The number of benzene rings is 1. The summed E-state index contributed by atoms with van der Waals surface area (Å²) in [4.78, 5) is 27.5. The van der Waals surface area contributed by atoms with E-state index in [0.717, 1.165) is 42.6 Å². The van der Waals surface area contributed by atoms with Crippen LogP contribution in [0.5, 0.6) is 0 Å². The molecule has 0 atom stereocenters. The SMILES string of the molecule is C=CCN1C(=O)S/C(=C/c2ccc(N3CCCCC3)c(F)c2)C1=O. The van der Waals surface area contributed by atoms with Crippen molar-refractivity contribution in [1.82, 2.24) is 4.90 Å². The molecule has 2 amide bonds. The van der Waals surface area contributed by atoms with E-state index in [0.29, 0.717) is 16.2 Å². The van der Waals surface area contributed by atoms with Gasteiger partial charge in [-0.25, -0.2) is 4.39 Å². The number of hydrogen-bond acceptors (Lipinski definition) is 4. The topological polar surface area (TPSA) is 40.6 Å². The monoisotopic (exact) mass is 346 g/mol. The highest BCUT2D eigenvalue weighted by molar-refractivity contribution is 8.18. The van der Waals surface area contributed by atoms with Crippen LogP contribution in [-0.4, -0.2) is 35.7 Å². The second-order valence-corrected chi connectivity index (χ2v) is 6.83. The zero-order valence-electron chi connectivity index (χ0n) is 13.3. The summed E-state index contributed by atoms with van der Waals surface area (Å²) in [6, 6.07) is 4.96. The van der Waals surface area contributed by atoms with E-state index in [9.17, 15) is 14.0 Å². The Morgan fingerprint density at radius 3 is 2.62 bits per heavy atom. The number of thioether (sulfide) groups is 1. The molecule has 2 heterocycles. The molecular weight excluding hydrogens is 327 g/mol. The highest BCUT2D eigenvalue weighted by Crippen LogP contribution is 2.33. The van der Waals surface area contributed by atoms with Crippen molar-refractivity contribution < 1.29 is 14.0 Å². The molecule has 0 saturated carbocycles. The lowest BCUT2D eigenvalue weighted by atomic mass is 10.1. The fourth-order valence-electron chi connectivity index (χ4n) is 2.94. The van der Waals surface area contributed by atoms with Crippen LogP contribution in [0.2, 0.25) is 0 Å². The van der Waals surface area contributed by atoms with Crippen LogP contribution in [0.3, 0.4) is 0 Å². The largest absolute Gasteiger partial charge is 0.369 e. The first-order chi connectivity index (χ1) is 11.6. The molecule has 6 heteroatoms. The van der Waals surface area contributed by atoms with E-state index in [4.69, 9.17) is 0 Å². The molecule has 2 saturated heterocycles. The number of amides is 2. The highest BCUT2D eigenvalue weighted by atomic mass is 32.2. The Balaban J connectivity index is 1.80. The Kier molecular flexibility index (Phi) is 5.04. The average Bonchev–Trinajstić information content (AvgIpc) is 2.84. The van der Waals surface area contributed by atoms with Gasteiger partial charge in [0.15, 0.2) is 0 Å². The Labute approximate surface area is 145 Å². The van der Waals surface area contributed by atoms with Crippen molar-refractivity contribution in [3.8, 4) is 0 Å². The average molecular weight is 346 g/mol. The number of carbonyl (C=O) groups is 2. The van der Waals surface area contributed by atoms with Gasteiger partial charge in [-0.3, -0.25) is 14.5 Å². The quantitative estimate of drug-likeness (QED) is 0.609. The number of piperidine rings is 1. The maximum atomic E-state index is 14.4. The van der Waals surface area contributed by atoms with Crippen molar-refractivity contribution in [2.45, 2.75) is 19.3 Å². The Morgan fingerprint density at radius 1 is 1.21 bits per heavy atom. The van der Waals surface area contributed by atoms with E-state index in [1.807, 2.05) is 0 Å². The van der Waals surface area contributed by atoms with Gasteiger partial charge in [0.2, 0.25) is 0 Å². The summed E-state index contributed by atoms with van der Waals surface area (Å²) in [5, 5.41) is -0.323. The Morgan fingerprint density at radius 2 is 1.96 bits per heavy atom. The predicted octanol–water partition coefficient (Wildman–Crippen LogP) is 4.04. The van der Waals surface area contributed by atoms with Crippen LogP contribution in [0, 0.1) is 5.82 Å². The molecule has 1 aromatic rings. The van der Waals surface area contributed by atoms with Gasteiger partial charge in [-0.15, -0.1) is 6.58 Å². The molecule has 1 aromatic carbocycles. The molecule has 2 aliphatic heterocycles. The van der Waals surface area contributed by atoms with E-state index in [2.05, 4.69) is 11.5 Å². The first kappa shape index (κ1) is 16.8. The van der Waals surface area contributed by atoms with Crippen molar-refractivity contribution in [3.05, 3.63) is 47.1 Å². The lowest BCUT2D eigenvalue weighted by molar-refractivity contribution is -0.122. The van der Waals surface area contributed by atoms with Gasteiger partial charge >= 0.3 is 0 Å². The van der Waals surface area contributed by atoms with Crippen LogP contribution in [0.4, 0.5) is 14.9 Å². The predicted molar refractivity (Wildman–Crippen MR) is 95.3 cm³/mol. The zero-order valence-corrected chi connectivity index (χ0v) is 14.2. The van der Waals surface area contributed by atoms with Crippen molar-refractivity contribution in [2.75, 3.05) is 24.5 Å². The lowest BCUT2D eigenvalue weighted by Gasteiger charge is -2.29. The third-order valence-corrected chi connectivity index (χ3v) is 5.06. The maximum absolute atomic E-state index is 14.4. The second-order valence-electron chi connectivity index (χ2n) is 5.84. The van der Waals surface area contributed by atoms with Crippen molar-refractivity contribution >= 4 is 34.7 Å². The minimum Gasteiger partial charge on any atom is -0.369 e. The number of halogens is 1. The van der Waals surface area contributed by atoms with Gasteiger partial charge in [-0.05, 0) is 54.8 Å². The maximum Gasteiger partial charge on any atom is 0.293 e. The Hall–Kier alpha value is -2.08. The Bertz CT molecular complexity index is 711. The minimum absolute atomic E-state index is 0.185. The highest BCUT2D eigenvalue weighted by Gasteiger charge is 2.34. The summed E-state index contributed by atoms with van der Waals surface area (Å²) in [5.41, 5.74) is 1.18. The van der Waals surface area contributed by atoms with E-state index in [1.54, 1.807) is 18.2 Å². The number of carbonyl (C=O) groups excluding carboxylic acids is 2. The zero-order chi connectivity index (χ0) is 17.1. The number of nitrogens with zero attached hydrogens (tertiary/aromatic N) is 2. The fraction of sp³-hybridized carbons (Fsp3) is 0.333. The summed E-state index contributed by atoms with van der Waals surface area (Å²) >= 11 is 0.873. The van der Waals surface area contributed by atoms with Gasteiger partial charge in [-0.1, -0.05) is 12.1 Å². The minimum atomic E-state index is -0.356. The van der Waals surface area contributed by atoms with Crippen LogP contribution in [0.1, 0.15) is 24.8 Å². The summed E-state index contributed by atoms with van der Waals surface area (Å²) in [5.74, 6) is -0.651. The fourth-order valence-corrected chi connectivity index (χ4v) is 3.79. The lowest BCUT2D eigenvalue weighted by Crippen LogP contribution is -2.30. The summed E-state index contributed by atoms with van der Waals surface area (Å²) in [6.07, 6.45) is 6.43. The van der Waals surface area contributed by atoms with Gasteiger partial charge in [0.25, 0.3) is 11.1 Å². The molecule has 0 unspecified atom stereocenters. The smallest absolute Gasteiger partial charge is 0.293 e. The van der Waals surface area contributed by atoms with Gasteiger partial charge in [0.05, 0.1) is 10.6 Å². The molecule has 0 bridgehead atoms. The van der Waals surface area contributed by atoms with E-state index < -0.39 is 0 Å². The number of imide groups is 1. The number of rotatable bonds is 4. The summed E-state index contributed by atoms with van der Waals surface area (Å²) in [6.45, 7) is 5.47. The van der Waals surface area contributed by atoms with E-state index >= 15 is 0 Å². The normalized spacial score (nSPS) is 20.1. The third kappa shape index (κ3) is 3.38. The molecule has 2 aliphatic rings. The van der Waals surface area contributed by atoms with E-state index in [1.165, 1.54) is 18.6 Å². The summed E-state index contributed by atoms with van der Waals surface area (Å²) in [7, 11) is 0. The van der Waals surface area contributed by atoms with Gasteiger partial charge < -0.3 is 4.90 Å². The van der Waals surface area contributed by atoms with Crippen LogP contribution in [0.15, 0.2) is 35.8 Å². The van der Waals surface area contributed by atoms with Crippen molar-refractivity contribution in [3.63, 3.8) is 0 Å². The molecule has 3 rings (SSSR count). The standard InChI is InChI=1S/C18H19FN2O2S/c1-2-8-21-17(22)16(24-18(21)23)12-13-6-7-15(14(19)11-13)20-9-4-3-5-10-20/h2,6-7,11-12H,1,3-5,8-10H2/b16-12+. The molecule has 24 heavy (non-hydrogen) atoms. The molecule has 0 N–H and O–H groups in total. The molecule has 0 aromatic heterocycles. The summed E-state index contributed by atoms with van der Waals surface area (Å²) < 4.78 is 14.4. The first-order valence-corrected chi connectivity index (χ1v) is 8.82. The first-order valence-electron chi connectivity index (χ1n) is 8.01. The van der Waals surface area contributed by atoms with Crippen molar-refractivity contribution in [2.24, 2.45) is 0 Å². The molecule has 0 radical (unpaired) electrons. The molecule has 126 valence electrons. The molecule has 0 aliphatic carbocycles. The molecule has 2 fully saturated rings. The van der Waals surface area contributed by atoms with E-state index in [-0.39, 0.29) is 23.5 Å². The van der Waals surface area contributed by atoms with Gasteiger partial charge in [-0.2, -0.15) is 0 Å². The van der Waals surface area contributed by atoms with Crippen molar-refractivity contribution in [1.29, 1.82) is 0 Å². The van der Waals surface area contributed by atoms with Crippen LogP contribution < -0.4 is 4.90 Å². The van der Waals surface area contributed by atoms with Gasteiger partial charge in [0, 0.05) is 19.6 Å². The molecule has 0 spiro atoms. The molecule has 4 nitrogen and oxygen atoms in total. The molecular formula is C18H19FN2O2S. The second kappa shape index (κ2) is 7.21. The van der Waals surface area contributed by atoms with Crippen LogP contribution in [-0.2, 0) is 4.79 Å². The number of anilines is 1. The number of hydrogen-bond donors (Lipinski definition) is 0. The van der Waals surface area contributed by atoms with Crippen LogP contribution >= 0.6 is 11.8 Å². The third-order valence-electron chi connectivity index (χ3n) is 4.15.